The molecule has 2 nitrogen and oxygen atoms in total. The fourth-order valence-corrected chi connectivity index (χ4v) is 1.21. The van der Waals surface area contributed by atoms with E-state index in [2.05, 4.69) is 6.07 Å². The predicted octanol–water partition coefficient (Wildman–Crippen LogP) is 2.05. The highest BCUT2D eigenvalue weighted by atomic mass is 16.3. The van der Waals surface area contributed by atoms with Crippen molar-refractivity contribution in [2.75, 3.05) is 0 Å². The summed E-state index contributed by atoms with van der Waals surface area (Å²) >= 11 is 0. The monoisotopic (exact) mass is 159 g/mol. The van der Waals surface area contributed by atoms with Crippen molar-refractivity contribution in [3.63, 3.8) is 0 Å². The molecule has 0 bridgehead atoms. The minimum Gasteiger partial charge on any atom is -0.507 e. The summed E-state index contributed by atoms with van der Waals surface area (Å²) in [5.74, 6) is 0.308. The van der Waals surface area contributed by atoms with E-state index in [-0.39, 0.29) is 11.5 Å². The van der Waals surface area contributed by atoms with Crippen molar-refractivity contribution in [2.45, 2.75) is 0 Å². The first-order valence-electron chi connectivity index (χ1n) is 3.60. The molecule has 0 fully saturated rings. The maximum Gasteiger partial charge on any atom is 0.124 e. The van der Waals surface area contributed by atoms with Gasteiger partial charge in [-0.2, -0.15) is 0 Å². The Labute approximate surface area is 69.7 Å². The van der Waals surface area contributed by atoms with Gasteiger partial charge >= 0.3 is 0 Å². The number of phenolic OH excluding ortho intramolecular Hbond substituents is 2. The standard InChI is InChI=1S/C10H7O2/c11-9-5-1-3-7-8(9)4-2-6-10(7)12/h1,3-6,11-12H. The van der Waals surface area contributed by atoms with Gasteiger partial charge in [-0.25, -0.2) is 0 Å². The Hall–Kier alpha value is -1.70. The predicted molar refractivity (Wildman–Crippen MR) is 46.1 cm³/mol. The second kappa shape index (κ2) is 2.41. The Kier molecular flexibility index (Phi) is 1.40. The van der Waals surface area contributed by atoms with Gasteiger partial charge in [0, 0.05) is 10.8 Å². The first-order valence-corrected chi connectivity index (χ1v) is 3.60. The summed E-state index contributed by atoms with van der Waals surface area (Å²) in [6.45, 7) is 0. The van der Waals surface area contributed by atoms with Crippen LogP contribution in [-0.4, -0.2) is 10.2 Å². The van der Waals surface area contributed by atoms with E-state index in [1.54, 1.807) is 24.3 Å². The largest absolute Gasteiger partial charge is 0.507 e. The molecule has 0 aromatic heterocycles. The molecule has 0 atom stereocenters. The van der Waals surface area contributed by atoms with Crippen LogP contribution >= 0.6 is 0 Å². The Morgan fingerprint density at radius 1 is 0.917 bits per heavy atom. The van der Waals surface area contributed by atoms with Crippen LogP contribution in [0.15, 0.2) is 30.3 Å². The smallest absolute Gasteiger partial charge is 0.124 e. The van der Waals surface area contributed by atoms with Crippen LogP contribution in [0.3, 0.4) is 0 Å². The SMILES string of the molecule is Oc1cccc2c(O)c[c]cc12. The fourth-order valence-electron chi connectivity index (χ4n) is 1.21. The van der Waals surface area contributed by atoms with E-state index in [1.165, 1.54) is 6.07 Å². The molecule has 1 radical (unpaired) electrons. The quantitative estimate of drug-likeness (QED) is 0.617. The molecule has 0 saturated heterocycles. The number of rotatable bonds is 0. The average Bonchev–Trinajstić information content (AvgIpc) is 2.07. The van der Waals surface area contributed by atoms with Crippen LogP contribution in [0.2, 0.25) is 0 Å². The molecule has 0 saturated carbocycles. The first-order chi connectivity index (χ1) is 5.79. The molecule has 0 spiro atoms. The first kappa shape index (κ1) is 6.98. The van der Waals surface area contributed by atoms with E-state index in [0.29, 0.717) is 10.8 Å². The van der Waals surface area contributed by atoms with Crippen molar-refractivity contribution in [2.24, 2.45) is 0 Å². The lowest BCUT2D eigenvalue weighted by Gasteiger charge is -2.00. The highest BCUT2D eigenvalue weighted by Gasteiger charge is 2.01. The lowest BCUT2D eigenvalue weighted by Crippen LogP contribution is -1.74. The van der Waals surface area contributed by atoms with Crippen molar-refractivity contribution < 1.29 is 10.2 Å². The number of phenols is 2. The number of benzene rings is 2. The van der Waals surface area contributed by atoms with Gasteiger partial charge in [0.1, 0.15) is 11.5 Å². The van der Waals surface area contributed by atoms with Crippen LogP contribution in [0.5, 0.6) is 11.5 Å². The minimum absolute atomic E-state index is 0.142. The van der Waals surface area contributed by atoms with Gasteiger partial charge in [0.25, 0.3) is 0 Å². The van der Waals surface area contributed by atoms with Crippen LogP contribution in [0.1, 0.15) is 0 Å². The summed E-state index contributed by atoms with van der Waals surface area (Å²) < 4.78 is 0. The van der Waals surface area contributed by atoms with Crippen molar-refractivity contribution in [3.05, 3.63) is 36.4 Å². The number of hydrogen-bond donors (Lipinski definition) is 2. The van der Waals surface area contributed by atoms with E-state index in [4.69, 9.17) is 0 Å². The van der Waals surface area contributed by atoms with Gasteiger partial charge in [0.2, 0.25) is 0 Å². The van der Waals surface area contributed by atoms with Crippen LogP contribution in [0.4, 0.5) is 0 Å². The molecule has 2 N–H and O–H groups in total. The lowest BCUT2D eigenvalue weighted by atomic mass is 10.1. The molecular formula is C10H7O2. The van der Waals surface area contributed by atoms with Gasteiger partial charge in [0.05, 0.1) is 0 Å². The average molecular weight is 159 g/mol. The van der Waals surface area contributed by atoms with Crippen molar-refractivity contribution in [1.29, 1.82) is 0 Å². The highest BCUT2D eigenvalue weighted by Crippen LogP contribution is 2.29. The summed E-state index contributed by atoms with van der Waals surface area (Å²) in [6, 6.07) is 10.9. The molecule has 0 unspecified atom stereocenters. The van der Waals surface area contributed by atoms with Crippen molar-refractivity contribution in [1.82, 2.24) is 0 Å². The van der Waals surface area contributed by atoms with Gasteiger partial charge in [-0.1, -0.05) is 12.1 Å². The molecule has 0 aliphatic carbocycles. The maximum absolute atomic E-state index is 9.36. The van der Waals surface area contributed by atoms with Crippen LogP contribution in [0, 0.1) is 6.07 Å². The summed E-state index contributed by atoms with van der Waals surface area (Å²) in [6.07, 6.45) is 0. The second-order valence-corrected chi connectivity index (χ2v) is 2.58. The molecule has 2 heteroatoms. The summed E-state index contributed by atoms with van der Waals surface area (Å²) in [4.78, 5) is 0. The molecule has 0 amide bonds. The van der Waals surface area contributed by atoms with E-state index in [1.807, 2.05) is 0 Å². The summed E-state index contributed by atoms with van der Waals surface area (Å²) in [7, 11) is 0. The second-order valence-electron chi connectivity index (χ2n) is 2.58. The normalized spacial score (nSPS) is 10.3. The van der Waals surface area contributed by atoms with Gasteiger partial charge in [0.15, 0.2) is 0 Å². The zero-order valence-corrected chi connectivity index (χ0v) is 6.28. The molecule has 0 heterocycles. The molecule has 59 valence electrons. The third-order valence-corrected chi connectivity index (χ3v) is 1.81. The third kappa shape index (κ3) is 0.889. The molecule has 12 heavy (non-hydrogen) atoms. The Bertz CT molecular complexity index is 380. The molecule has 2 aromatic rings. The zero-order chi connectivity index (χ0) is 8.55. The topological polar surface area (TPSA) is 40.5 Å². The van der Waals surface area contributed by atoms with Gasteiger partial charge in [-0.15, -0.1) is 0 Å². The van der Waals surface area contributed by atoms with Crippen LogP contribution < -0.4 is 0 Å². The summed E-state index contributed by atoms with van der Waals surface area (Å²) in [5, 5.41) is 20.0. The lowest BCUT2D eigenvalue weighted by molar-refractivity contribution is 0.475. The molecule has 0 aliphatic heterocycles. The van der Waals surface area contributed by atoms with Crippen LogP contribution in [0.25, 0.3) is 10.8 Å². The highest BCUT2D eigenvalue weighted by molar-refractivity contribution is 5.92. The van der Waals surface area contributed by atoms with E-state index in [9.17, 15) is 10.2 Å². The molecular weight excluding hydrogens is 152 g/mol. The fraction of sp³-hybridized carbons (Fsp3) is 0. The Morgan fingerprint density at radius 2 is 1.75 bits per heavy atom. The number of aromatic hydroxyl groups is 2. The molecule has 2 rings (SSSR count). The molecule has 2 aromatic carbocycles. The Morgan fingerprint density at radius 3 is 2.50 bits per heavy atom. The van der Waals surface area contributed by atoms with Crippen molar-refractivity contribution in [3.8, 4) is 11.5 Å². The van der Waals surface area contributed by atoms with Gasteiger partial charge < -0.3 is 10.2 Å². The number of fused-ring (bicyclic) bond motifs is 1. The summed E-state index contributed by atoms with van der Waals surface area (Å²) in [5.41, 5.74) is 0. The van der Waals surface area contributed by atoms with Gasteiger partial charge in [-0.3, -0.25) is 0 Å². The number of hydrogen-bond acceptors (Lipinski definition) is 2. The van der Waals surface area contributed by atoms with Crippen molar-refractivity contribution >= 4 is 10.8 Å². The Balaban J connectivity index is 2.94. The third-order valence-electron chi connectivity index (χ3n) is 1.81. The van der Waals surface area contributed by atoms with Gasteiger partial charge in [-0.05, 0) is 24.3 Å². The van der Waals surface area contributed by atoms with E-state index in [0.717, 1.165) is 0 Å². The van der Waals surface area contributed by atoms with Crippen LogP contribution in [-0.2, 0) is 0 Å². The maximum atomic E-state index is 9.36. The van der Waals surface area contributed by atoms with E-state index < -0.39 is 0 Å². The zero-order valence-electron chi connectivity index (χ0n) is 6.28. The molecule has 0 aliphatic rings. The minimum atomic E-state index is 0.142. The van der Waals surface area contributed by atoms with E-state index >= 15 is 0 Å².